The van der Waals surface area contributed by atoms with E-state index in [9.17, 15) is 4.79 Å². The third kappa shape index (κ3) is 4.87. The van der Waals surface area contributed by atoms with E-state index >= 15 is 0 Å². The van der Waals surface area contributed by atoms with E-state index in [2.05, 4.69) is 15.9 Å². The summed E-state index contributed by atoms with van der Waals surface area (Å²) in [5.41, 5.74) is 0.928. The molecule has 1 aliphatic rings. The van der Waals surface area contributed by atoms with E-state index in [0.717, 1.165) is 21.5 Å². The molecule has 134 valence electrons. The maximum atomic E-state index is 12.0. The van der Waals surface area contributed by atoms with Crippen molar-refractivity contribution >= 4 is 56.2 Å². The van der Waals surface area contributed by atoms with E-state index in [1.807, 2.05) is 54.6 Å². The van der Waals surface area contributed by atoms with Gasteiger partial charge in [0.25, 0.3) is 5.91 Å². The Labute approximate surface area is 170 Å². The van der Waals surface area contributed by atoms with Crippen LogP contribution in [0, 0.1) is 0 Å². The number of hydrogen-bond donors (Lipinski definition) is 0. The molecule has 2 aromatic carbocycles. The van der Waals surface area contributed by atoms with Crippen LogP contribution in [0.15, 0.2) is 57.9 Å². The fourth-order valence-electron chi connectivity index (χ4n) is 2.21. The number of thioether (sulfide) groups is 1. The highest BCUT2D eigenvalue weighted by Crippen LogP contribution is 2.31. The van der Waals surface area contributed by atoms with Crippen molar-refractivity contribution in [1.82, 2.24) is 4.90 Å². The smallest absolute Gasteiger partial charge is 0.265 e. The molecule has 0 saturated carbocycles. The predicted molar refractivity (Wildman–Crippen MR) is 113 cm³/mol. The number of hydrogen-bond acceptors (Lipinski definition) is 5. The van der Waals surface area contributed by atoms with E-state index < -0.39 is 0 Å². The minimum absolute atomic E-state index is 0.0644. The van der Waals surface area contributed by atoms with Crippen molar-refractivity contribution in [1.29, 1.82) is 0 Å². The third-order valence-electron chi connectivity index (χ3n) is 3.60. The predicted octanol–water partition coefficient (Wildman–Crippen LogP) is 4.74. The van der Waals surface area contributed by atoms with E-state index in [1.54, 1.807) is 7.05 Å². The molecule has 0 N–H and O–H groups in total. The second-order valence-corrected chi connectivity index (χ2v) is 8.05. The molecule has 0 bridgehead atoms. The van der Waals surface area contributed by atoms with Crippen LogP contribution in [0.1, 0.15) is 5.56 Å². The Hall–Kier alpha value is -1.83. The summed E-state index contributed by atoms with van der Waals surface area (Å²) in [6.07, 6.45) is 1.84. The number of carbonyl (C=O) groups is 1. The summed E-state index contributed by atoms with van der Waals surface area (Å²) < 4.78 is 12.9. The SMILES string of the molecule is CN1C(=O)C(=Cc2ccc(OCCOc3ccc(Br)cc3)cc2)SC1=S. The van der Waals surface area contributed by atoms with Crippen molar-refractivity contribution in [2.24, 2.45) is 0 Å². The lowest BCUT2D eigenvalue weighted by atomic mass is 10.2. The summed E-state index contributed by atoms with van der Waals surface area (Å²) in [5.74, 6) is 1.50. The van der Waals surface area contributed by atoms with Gasteiger partial charge in [-0.15, -0.1) is 0 Å². The van der Waals surface area contributed by atoms with Crippen molar-refractivity contribution in [2.45, 2.75) is 0 Å². The number of thiocarbonyl (C=S) groups is 1. The second-order valence-electron chi connectivity index (χ2n) is 5.46. The van der Waals surface area contributed by atoms with Gasteiger partial charge in [0.1, 0.15) is 29.0 Å². The molecule has 0 radical (unpaired) electrons. The normalized spacial score (nSPS) is 15.6. The van der Waals surface area contributed by atoms with E-state index in [-0.39, 0.29) is 5.91 Å². The van der Waals surface area contributed by atoms with Crippen molar-refractivity contribution in [2.75, 3.05) is 20.3 Å². The van der Waals surface area contributed by atoms with Crippen molar-refractivity contribution < 1.29 is 14.3 Å². The molecule has 4 nitrogen and oxygen atoms in total. The summed E-state index contributed by atoms with van der Waals surface area (Å²) >= 11 is 9.83. The Morgan fingerprint density at radius 3 is 2.08 bits per heavy atom. The fourth-order valence-corrected chi connectivity index (χ4v) is 3.65. The van der Waals surface area contributed by atoms with Gasteiger partial charge in [0.2, 0.25) is 0 Å². The Morgan fingerprint density at radius 1 is 1.04 bits per heavy atom. The highest BCUT2D eigenvalue weighted by Gasteiger charge is 2.28. The molecule has 3 rings (SSSR count). The number of likely N-dealkylation sites (N-methyl/N-ethyl adjacent to an activating group) is 1. The molecule has 1 fully saturated rings. The molecule has 1 aliphatic heterocycles. The van der Waals surface area contributed by atoms with Crippen LogP contribution in [0.25, 0.3) is 6.08 Å². The van der Waals surface area contributed by atoms with Crippen LogP contribution in [-0.4, -0.2) is 35.4 Å². The molecule has 0 atom stereocenters. The molecular weight excluding hydrogens is 434 g/mol. The average Bonchev–Trinajstić information content (AvgIpc) is 2.88. The average molecular weight is 450 g/mol. The maximum Gasteiger partial charge on any atom is 0.265 e. The summed E-state index contributed by atoms with van der Waals surface area (Å²) in [6, 6.07) is 15.2. The zero-order chi connectivity index (χ0) is 18.5. The largest absolute Gasteiger partial charge is 0.490 e. The first-order valence-corrected chi connectivity index (χ1v) is 9.87. The molecule has 7 heteroatoms. The van der Waals surface area contributed by atoms with Gasteiger partial charge in [0.05, 0.1) is 4.91 Å². The van der Waals surface area contributed by atoms with Crippen molar-refractivity contribution in [3.05, 3.63) is 63.5 Å². The highest BCUT2D eigenvalue weighted by atomic mass is 79.9. The summed E-state index contributed by atoms with van der Waals surface area (Å²) in [6.45, 7) is 0.909. The number of rotatable bonds is 6. The number of ether oxygens (including phenoxy) is 2. The van der Waals surface area contributed by atoms with E-state index in [0.29, 0.717) is 22.4 Å². The van der Waals surface area contributed by atoms with Gasteiger partial charge in [0.15, 0.2) is 0 Å². The summed E-state index contributed by atoms with van der Waals surface area (Å²) in [5, 5.41) is 0. The Morgan fingerprint density at radius 2 is 1.58 bits per heavy atom. The van der Waals surface area contributed by atoms with Crippen LogP contribution in [0.5, 0.6) is 11.5 Å². The Bertz CT molecular complexity index is 835. The highest BCUT2D eigenvalue weighted by molar-refractivity contribution is 9.10. The number of benzene rings is 2. The van der Waals surface area contributed by atoms with Gasteiger partial charge in [0, 0.05) is 11.5 Å². The zero-order valence-electron chi connectivity index (χ0n) is 14.0. The molecule has 0 aliphatic carbocycles. The summed E-state index contributed by atoms with van der Waals surface area (Å²) in [4.78, 5) is 14.1. The third-order valence-corrected chi connectivity index (χ3v) is 5.61. The first-order valence-electron chi connectivity index (χ1n) is 7.86. The maximum absolute atomic E-state index is 12.0. The molecule has 1 amide bonds. The zero-order valence-corrected chi connectivity index (χ0v) is 17.2. The Kier molecular flexibility index (Phi) is 6.34. The fraction of sp³-hybridized carbons (Fsp3) is 0.158. The van der Waals surface area contributed by atoms with Crippen LogP contribution < -0.4 is 9.47 Å². The van der Waals surface area contributed by atoms with Gasteiger partial charge < -0.3 is 9.47 Å². The molecule has 0 spiro atoms. The molecular formula is C19H16BrNO3S2. The number of nitrogens with zero attached hydrogens (tertiary/aromatic N) is 1. The van der Waals surface area contributed by atoms with Gasteiger partial charge >= 0.3 is 0 Å². The molecule has 0 unspecified atom stereocenters. The number of halogens is 1. The molecule has 26 heavy (non-hydrogen) atoms. The van der Waals surface area contributed by atoms with Crippen LogP contribution in [-0.2, 0) is 4.79 Å². The first-order chi connectivity index (χ1) is 12.5. The van der Waals surface area contributed by atoms with Gasteiger partial charge in [-0.05, 0) is 48.0 Å². The second kappa shape index (κ2) is 8.70. The topological polar surface area (TPSA) is 38.8 Å². The van der Waals surface area contributed by atoms with Gasteiger partial charge in [-0.25, -0.2) is 0 Å². The molecule has 1 heterocycles. The van der Waals surface area contributed by atoms with Crippen LogP contribution in [0.3, 0.4) is 0 Å². The number of amides is 1. The van der Waals surface area contributed by atoms with Crippen molar-refractivity contribution in [3.8, 4) is 11.5 Å². The van der Waals surface area contributed by atoms with Crippen molar-refractivity contribution in [3.63, 3.8) is 0 Å². The van der Waals surface area contributed by atoms with Crippen LogP contribution >= 0.6 is 39.9 Å². The first kappa shape index (κ1) is 18.9. The minimum Gasteiger partial charge on any atom is -0.490 e. The quantitative estimate of drug-likeness (QED) is 0.361. The van der Waals surface area contributed by atoms with E-state index in [4.69, 9.17) is 21.7 Å². The summed E-state index contributed by atoms with van der Waals surface area (Å²) in [7, 11) is 1.69. The molecule has 2 aromatic rings. The lowest BCUT2D eigenvalue weighted by Gasteiger charge is -2.08. The lowest BCUT2D eigenvalue weighted by Crippen LogP contribution is -2.22. The number of carbonyl (C=O) groups excluding carboxylic acids is 1. The lowest BCUT2D eigenvalue weighted by molar-refractivity contribution is -0.121. The molecule has 0 aromatic heterocycles. The van der Waals surface area contributed by atoms with E-state index in [1.165, 1.54) is 16.7 Å². The van der Waals surface area contributed by atoms with Gasteiger partial charge in [-0.1, -0.05) is 52.0 Å². The monoisotopic (exact) mass is 449 g/mol. The van der Waals surface area contributed by atoms with Crippen LogP contribution in [0.4, 0.5) is 0 Å². The van der Waals surface area contributed by atoms with Gasteiger partial charge in [-0.3, -0.25) is 9.69 Å². The van der Waals surface area contributed by atoms with Crippen LogP contribution in [0.2, 0.25) is 0 Å². The van der Waals surface area contributed by atoms with Gasteiger partial charge in [-0.2, -0.15) is 0 Å². The minimum atomic E-state index is -0.0644. The Balaban J connectivity index is 1.49. The standard InChI is InChI=1S/C19H16BrNO3S2/c1-21-18(22)17(26-19(21)25)12-13-2-6-15(7-3-13)23-10-11-24-16-8-4-14(20)5-9-16/h2-9,12H,10-11H2,1H3. The molecule has 1 saturated heterocycles.